The van der Waals surface area contributed by atoms with Gasteiger partial charge in [0.2, 0.25) is 0 Å². The Bertz CT molecular complexity index is 385. The number of hydrogen-bond acceptors (Lipinski definition) is 3. The Kier molecular flexibility index (Phi) is 5.58. The topological polar surface area (TPSA) is 12.5 Å². The average Bonchev–Trinajstić information content (AvgIpc) is 2.38. The molecule has 1 heterocycles. The summed E-state index contributed by atoms with van der Waals surface area (Å²) in [6.07, 6.45) is 0.159. The smallest absolute Gasteiger partial charge is 0.0844 e. The minimum absolute atomic E-state index is 0.0881. The number of halogens is 1. The van der Waals surface area contributed by atoms with Gasteiger partial charge in [0.15, 0.2) is 0 Å². The van der Waals surface area contributed by atoms with Crippen molar-refractivity contribution in [2.45, 2.75) is 30.4 Å². The van der Waals surface area contributed by atoms with E-state index in [0.29, 0.717) is 5.88 Å². The Morgan fingerprint density at radius 1 is 1.37 bits per heavy atom. The van der Waals surface area contributed by atoms with Gasteiger partial charge in [-0.05, 0) is 26.0 Å². The number of nitrogens with zero attached hydrogens (tertiary/aromatic N) is 1. The molecule has 4 heteroatoms. The normalized spacial score (nSPS) is 23.4. The minimum Gasteiger partial charge on any atom is -0.368 e. The summed E-state index contributed by atoms with van der Waals surface area (Å²) in [5.41, 5.74) is -0.0881. The van der Waals surface area contributed by atoms with Crippen LogP contribution in [0, 0.1) is 0 Å². The molecule has 1 atom stereocenters. The van der Waals surface area contributed by atoms with Crippen molar-refractivity contribution in [1.82, 2.24) is 4.90 Å². The third-order valence-electron chi connectivity index (χ3n) is 3.14. The van der Waals surface area contributed by atoms with Gasteiger partial charge < -0.3 is 4.74 Å². The summed E-state index contributed by atoms with van der Waals surface area (Å²) in [5, 5.41) is 0. The van der Waals surface area contributed by atoms with Crippen LogP contribution >= 0.6 is 23.4 Å². The maximum Gasteiger partial charge on any atom is 0.0844 e. The van der Waals surface area contributed by atoms with Gasteiger partial charge in [0, 0.05) is 36.2 Å². The molecule has 2 nitrogen and oxygen atoms in total. The molecule has 1 aromatic rings. The second-order valence-electron chi connectivity index (χ2n) is 5.55. The van der Waals surface area contributed by atoms with Crippen molar-refractivity contribution in [2.75, 3.05) is 31.3 Å². The fraction of sp³-hybridized carbons (Fsp3) is 0.600. The van der Waals surface area contributed by atoms with Gasteiger partial charge in [0.25, 0.3) is 0 Å². The predicted molar refractivity (Wildman–Crippen MR) is 83.3 cm³/mol. The average molecular weight is 300 g/mol. The van der Waals surface area contributed by atoms with Gasteiger partial charge in [0.05, 0.1) is 11.7 Å². The summed E-state index contributed by atoms with van der Waals surface area (Å²) in [6, 6.07) is 10.6. The van der Waals surface area contributed by atoms with Crippen molar-refractivity contribution in [3.8, 4) is 0 Å². The van der Waals surface area contributed by atoms with E-state index in [2.05, 4.69) is 49.1 Å². The van der Waals surface area contributed by atoms with Crippen LogP contribution in [0.5, 0.6) is 0 Å². The first kappa shape index (κ1) is 15.2. The maximum atomic E-state index is 5.95. The predicted octanol–water partition coefficient (Wildman–Crippen LogP) is 3.50. The molecular formula is C15H22ClNOS. The van der Waals surface area contributed by atoms with Crippen molar-refractivity contribution in [2.24, 2.45) is 0 Å². The minimum atomic E-state index is -0.0881. The zero-order valence-corrected chi connectivity index (χ0v) is 13.2. The Morgan fingerprint density at radius 3 is 2.79 bits per heavy atom. The van der Waals surface area contributed by atoms with E-state index in [1.807, 2.05) is 11.8 Å². The molecule has 19 heavy (non-hydrogen) atoms. The molecule has 0 radical (unpaired) electrons. The SMILES string of the molecule is CC1(C)CN(CCSc2ccccc2)CC(CCl)O1. The first-order valence-corrected chi connectivity index (χ1v) is 8.25. The molecule has 1 aromatic carbocycles. The van der Waals surface area contributed by atoms with Crippen LogP contribution < -0.4 is 0 Å². The van der Waals surface area contributed by atoms with Crippen LogP contribution in [0.2, 0.25) is 0 Å². The molecule has 1 aliphatic heterocycles. The molecule has 0 bridgehead atoms. The van der Waals surface area contributed by atoms with Crippen LogP contribution in [0.1, 0.15) is 13.8 Å². The molecule has 2 rings (SSSR count). The van der Waals surface area contributed by atoms with Gasteiger partial charge in [-0.25, -0.2) is 0 Å². The second kappa shape index (κ2) is 6.98. The van der Waals surface area contributed by atoms with E-state index >= 15 is 0 Å². The number of hydrogen-bond donors (Lipinski definition) is 0. The van der Waals surface area contributed by atoms with Gasteiger partial charge in [-0.1, -0.05) is 18.2 Å². The van der Waals surface area contributed by atoms with Crippen LogP contribution in [0.4, 0.5) is 0 Å². The fourth-order valence-electron chi connectivity index (χ4n) is 2.48. The van der Waals surface area contributed by atoms with E-state index in [4.69, 9.17) is 16.3 Å². The highest BCUT2D eigenvalue weighted by Crippen LogP contribution is 2.23. The zero-order chi connectivity index (χ0) is 13.7. The van der Waals surface area contributed by atoms with E-state index in [-0.39, 0.29) is 11.7 Å². The summed E-state index contributed by atoms with van der Waals surface area (Å²) in [5.74, 6) is 1.68. The lowest BCUT2D eigenvalue weighted by Crippen LogP contribution is -2.53. The molecular weight excluding hydrogens is 278 g/mol. The van der Waals surface area contributed by atoms with Gasteiger partial charge >= 0.3 is 0 Å². The molecule has 1 aliphatic rings. The maximum absolute atomic E-state index is 5.95. The monoisotopic (exact) mass is 299 g/mol. The van der Waals surface area contributed by atoms with Gasteiger partial charge in [-0.15, -0.1) is 23.4 Å². The van der Waals surface area contributed by atoms with Gasteiger partial charge in [0.1, 0.15) is 0 Å². The van der Waals surface area contributed by atoms with Crippen LogP contribution in [-0.4, -0.2) is 47.9 Å². The van der Waals surface area contributed by atoms with Gasteiger partial charge in [-0.3, -0.25) is 4.90 Å². The lowest BCUT2D eigenvalue weighted by Gasteiger charge is -2.42. The summed E-state index contributed by atoms with van der Waals surface area (Å²) in [6.45, 7) is 7.30. The van der Waals surface area contributed by atoms with E-state index in [1.54, 1.807) is 0 Å². The zero-order valence-electron chi connectivity index (χ0n) is 11.6. The highest BCUT2D eigenvalue weighted by molar-refractivity contribution is 7.99. The standard InChI is InChI=1S/C15H22ClNOS/c1-15(2)12-17(11-13(10-16)18-15)8-9-19-14-6-4-3-5-7-14/h3-7,13H,8-12H2,1-2H3. The molecule has 0 spiro atoms. The van der Waals surface area contributed by atoms with Crippen molar-refractivity contribution in [1.29, 1.82) is 0 Å². The highest BCUT2D eigenvalue weighted by Gasteiger charge is 2.32. The van der Waals surface area contributed by atoms with Gasteiger partial charge in [-0.2, -0.15) is 0 Å². The number of alkyl halides is 1. The fourth-order valence-corrected chi connectivity index (χ4v) is 3.57. The highest BCUT2D eigenvalue weighted by atomic mass is 35.5. The second-order valence-corrected chi connectivity index (χ2v) is 7.03. The number of benzene rings is 1. The van der Waals surface area contributed by atoms with Crippen LogP contribution in [-0.2, 0) is 4.74 Å². The number of ether oxygens (including phenoxy) is 1. The Labute approximate surface area is 125 Å². The number of rotatable bonds is 5. The van der Waals surface area contributed by atoms with Crippen LogP contribution in [0.3, 0.4) is 0 Å². The molecule has 106 valence electrons. The number of morpholine rings is 1. The summed E-state index contributed by atoms with van der Waals surface area (Å²) in [4.78, 5) is 3.80. The van der Waals surface area contributed by atoms with E-state index in [0.717, 1.165) is 25.4 Å². The molecule has 0 saturated carbocycles. The Balaban J connectivity index is 1.79. The van der Waals surface area contributed by atoms with Crippen LogP contribution in [0.15, 0.2) is 35.2 Å². The van der Waals surface area contributed by atoms with E-state index in [1.165, 1.54) is 4.90 Å². The third-order valence-corrected chi connectivity index (χ3v) is 4.48. The summed E-state index contributed by atoms with van der Waals surface area (Å²) >= 11 is 7.85. The molecule has 0 amide bonds. The van der Waals surface area contributed by atoms with Crippen molar-refractivity contribution < 1.29 is 4.74 Å². The van der Waals surface area contributed by atoms with Crippen molar-refractivity contribution in [3.63, 3.8) is 0 Å². The summed E-state index contributed by atoms with van der Waals surface area (Å²) < 4.78 is 5.94. The molecule has 1 fully saturated rings. The molecule has 1 unspecified atom stereocenters. The van der Waals surface area contributed by atoms with Crippen LogP contribution in [0.25, 0.3) is 0 Å². The van der Waals surface area contributed by atoms with Crippen molar-refractivity contribution in [3.05, 3.63) is 30.3 Å². The molecule has 0 aromatic heterocycles. The molecule has 1 saturated heterocycles. The Morgan fingerprint density at radius 2 is 2.11 bits per heavy atom. The largest absolute Gasteiger partial charge is 0.368 e. The van der Waals surface area contributed by atoms with E-state index in [9.17, 15) is 0 Å². The summed E-state index contributed by atoms with van der Waals surface area (Å²) in [7, 11) is 0. The first-order chi connectivity index (χ1) is 9.09. The third kappa shape index (κ3) is 4.99. The first-order valence-electron chi connectivity index (χ1n) is 6.73. The number of thioether (sulfide) groups is 1. The molecule has 0 N–H and O–H groups in total. The molecule has 0 aliphatic carbocycles. The quantitative estimate of drug-likeness (QED) is 0.610. The van der Waals surface area contributed by atoms with Crippen molar-refractivity contribution >= 4 is 23.4 Å². The van der Waals surface area contributed by atoms with E-state index < -0.39 is 0 Å². The lowest BCUT2D eigenvalue weighted by atomic mass is 10.1. The lowest BCUT2D eigenvalue weighted by molar-refractivity contribution is -0.125. The Hall–Kier alpha value is -0.220.